The lowest BCUT2D eigenvalue weighted by Crippen LogP contribution is -2.33. The Balaban J connectivity index is 1.75. The number of nitrogens with zero attached hydrogens (tertiary/aromatic N) is 3. The summed E-state index contributed by atoms with van der Waals surface area (Å²) in [5, 5.41) is 11.4. The average Bonchev–Trinajstić information content (AvgIpc) is 3.34. The number of carbonyl (C=O) groups excluding carboxylic acids is 2. The van der Waals surface area contributed by atoms with Gasteiger partial charge < -0.3 is 24.1 Å². The van der Waals surface area contributed by atoms with E-state index in [2.05, 4.69) is 4.98 Å². The lowest BCUT2D eigenvalue weighted by atomic mass is 9.96. The van der Waals surface area contributed by atoms with Crippen LogP contribution in [-0.2, 0) is 4.79 Å². The number of benzene rings is 1. The number of amides is 1. The molecule has 0 saturated carbocycles. The summed E-state index contributed by atoms with van der Waals surface area (Å²) in [6, 6.07) is 9.71. The fraction of sp³-hybridized carbons (Fsp3) is 0.292. The minimum absolute atomic E-state index is 0.00845. The maximum atomic E-state index is 13.5. The number of Topliss-reactive ketones (excluding diaryl/α,β-unsaturated/α-hetero) is 1. The van der Waals surface area contributed by atoms with E-state index in [1.807, 2.05) is 19.0 Å². The molecule has 3 heterocycles. The summed E-state index contributed by atoms with van der Waals surface area (Å²) in [7, 11) is 5.42. The number of aromatic nitrogens is 1. The Morgan fingerprint density at radius 3 is 2.78 bits per heavy atom. The molecule has 0 aliphatic carbocycles. The van der Waals surface area contributed by atoms with Gasteiger partial charge in [-0.25, -0.2) is 0 Å². The van der Waals surface area contributed by atoms with Gasteiger partial charge in [0.15, 0.2) is 22.9 Å². The largest absolute Gasteiger partial charge is 0.503 e. The van der Waals surface area contributed by atoms with Crippen LogP contribution in [0, 0.1) is 0 Å². The van der Waals surface area contributed by atoms with Gasteiger partial charge in [0.25, 0.3) is 5.91 Å². The van der Waals surface area contributed by atoms with Crippen LogP contribution < -0.4 is 4.74 Å². The van der Waals surface area contributed by atoms with Gasteiger partial charge in [-0.1, -0.05) is 18.2 Å². The van der Waals surface area contributed by atoms with Crippen molar-refractivity contribution in [2.24, 2.45) is 0 Å². The Labute approximate surface area is 185 Å². The number of furan rings is 1. The zero-order valence-corrected chi connectivity index (χ0v) is 18.2. The Bertz CT molecular complexity index is 1180. The van der Waals surface area contributed by atoms with E-state index in [0.717, 1.165) is 6.54 Å². The zero-order chi connectivity index (χ0) is 22.8. The van der Waals surface area contributed by atoms with Gasteiger partial charge in [-0.15, -0.1) is 0 Å². The van der Waals surface area contributed by atoms with Gasteiger partial charge in [-0.05, 0) is 50.8 Å². The van der Waals surface area contributed by atoms with Crippen LogP contribution in [0.3, 0.4) is 0 Å². The normalized spacial score (nSPS) is 16.4. The molecule has 3 aromatic rings. The molecule has 1 aromatic carbocycles. The third-order valence-corrected chi connectivity index (χ3v) is 5.50. The van der Waals surface area contributed by atoms with E-state index in [1.54, 1.807) is 48.8 Å². The number of hydrogen-bond donors (Lipinski definition) is 1. The first-order valence-corrected chi connectivity index (χ1v) is 10.3. The molecule has 1 N–H and O–H groups in total. The van der Waals surface area contributed by atoms with Crippen molar-refractivity contribution in [2.75, 3.05) is 34.3 Å². The highest BCUT2D eigenvalue weighted by Crippen LogP contribution is 2.40. The number of ether oxygens (including phenoxy) is 1. The maximum absolute atomic E-state index is 13.5. The topological polar surface area (TPSA) is 96.1 Å². The Morgan fingerprint density at radius 2 is 2.09 bits per heavy atom. The summed E-state index contributed by atoms with van der Waals surface area (Å²) in [5.41, 5.74) is 1.07. The molecule has 0 bridgehead atoms. The molecule has 4 rings (SSSR count). The highest BCUT2D eigenvalue weighted by atomic mass is 16.5. The van der Waals surface area contributed by atoms with Crippen molar-refractivity contribution in [1.29, 1.82) is 0 Å². The van der Waals surface area contributed by atoms with Gasteiger partial charge in [0.1, 0.15) is 0 Å². The molecule has 0 spiro atoms. The fourth-order valence-corrected chi connectivity index (χ4v) is 4.00. The monoisotopic (exact) mass is 435 g/mol. The van der Waals surface area contributed by atoms with Crippen LogP contribution in [0.4, 0.5) is 0 Å². The lowest BCUT2D eigenvalue weighted by molar-refractivity contribution is -0.129. The quantitative estimate of drug-likeness (QED) is 0.542. The van der Waals surface area contributed by atoms with Crippen molar-refractivity contribution in [3.05, 3.63) is 71.4 Å². The van der Waals surface area contributed by atoms with Crippen molar-refractivity contribution in [3.8, 4) is 5.75 Å². The zero-order valence-electron chi connectivity index (χ0n) is 18.2. The number of fused-ring (bicyclic) bond motifs is 1. The van der Waals surface area contributed by atoms with Crippen molar-refractivity contribution in [1.82, 2.24) is 14.8 Å². The molecule has 1 atom stereocenters. The third-order valence-electron chi connectivity index (χ3n) is 5.50. The van der Waals surface area contributed by atoms with E-state index in [0.29, 0.717) is 35.2 Å². The molecule has 0 saturated heterocycles. The molecule has 1 aliphatic heterocycles. The SMILES string of the molecule is COc1cccc2cc(C(=O)C3=C(O)C(=O)N(CCCN(C)C)[C@@H]3c3cccnc3)oc12. The van der Waals surface area contributed by atoms with Crippen LogP contribution in [0.5, 0.6) is 5.75 Å². The van der Waals surface area contributed by atoms with Gasteiger partial charge in [-0.3, -0.25) is 14.6 Å². The van der Waals surface area contributed by atoms with Crippen LogP contribution in [0.25, 0.3) is 11.0 Å². The van der Waals surface area contributed by atoms with Gasteiger partial charge >= 0.3 is 0 Å². The molecule has 0 fully saturated rings. The summed E-state index contributed by atoms with van der Waals surface area (Å²) < 4.78 is 11.1. The first-order chi connectivity index (χ1) is 15.4. The first kappa shape index (κ1) is 21.6. The minimum atomic E-state index is -0.749. The molecular formula is C24H25N3O5. The fourth-order valence-electron chi connectivity index (χ4n) is 4.00. The number of rotatable bonds is 8. The van der Waals surface area contributed by atoms with Crippen LogP contribution in [0.1, 0.15) is 28.6 Å². The van der Waals surface area contributed by atoms with Crippen LogP contribution in [0.2, 0.25) is 0 Å². The molecule has 2 aromatic heterocycles. The summed E-state index contributed by atoms with van der Waals surface area (Å²) in [5.74, 6) is -1.15. The predicted octanol–water partition coefficient (Wildman–Crippen LogP) is 3.37. The van der Waals surface area contributed by atoms with E-state index in [9.17, 15) is 14.7 Å². The second kappa shape index (κ2) is 8.84. The number of pyridine rings is 1. The molecule has 1 amide bonds. The van der Waals surface area contributed by atoms with Gasteiger partial charge in [0, 0.05) is 24.3 Å². The smallest absolute Gasteiger partial charge is 0.290 e. The number of aliphatic hydroxyl groups is 1. The number of hydrogen-bond acceptors (Lipinski definition) is 7. The van der Waals surface area contributed by atoms with Crippen LogP contribution in [-0.4, -0.2) is 65.9 Å². The highest BCUT2D eigenvalue weighted by Gasteiger charge is 2.44. The molecule has 166 valence electrons. The van der Waals surface area contributed by atoms with Gasteiger partial charge in [0.05, 0.1) is 18.7 Å². The maximum Gasteiger partial charge on any atom is 0.290 e. The summed E-state index contributed by atoms with van der Waals surface area (Å²) in [6.45, 7) is 1.14. The van der Waals surface area contributed by atoms with E-state index >= 15 is 0 Å². The Morgan fingerprint density at radius 1 is 1.28 bits per heavy atom. The highest BCUT2D eigenvalue weighted by molar-refractivity contribution is 6.16. The standard InChI is InChI=1S/C24H25N3O5/c1-26(2)11-6-12-27-20(16-8-5-10-25-14-16)19(22(29)24(27)30)21(28)18-13-15-7-4-9-17(31-3)23(15)32-18/h4-5,7-10,13-14,20,29H,6,11-12H2,1-3H3/t20-/m1/s1. The van der Waals surface area contributed by atoms with Gasteiger partial charge in [0.2, 0.25) is 5.78 Å². The Kier molecular flexibility index (Phi) is 5.96. The molecule has 8 nitrogen and oxygen atoms in total. The molecule has 32 heavy (non-hydrogen) atoms. The third kappa shape index (κ3) is 3.85. The van der Waals surface area contributed by atoms with Crippen molar-refractivity contribution < 1.29 is 23.8 Å². The van der Waals surface area contributed by atoms with Crippen molar-refractivity contribution in [3.63, 3.8) is 0 Å². The van der Waals surface area contributed by atoms with Crippen molar-refractivity contribution in [2.45, 2.75) is 12.5 Å². The summed E-state index contributed by atoms with van der Waals surface area (Å²) in [4.78, 5) is 34.2. The van der Waals surface area contributed by atoms with Crippen LogP contribution >= 0.6 is 0 Å². The van der Waals surface area contributed by atoms with Gasteiger partial charge in [-0.2, -0.15) is 0 Å². The predicted molar refractivity (Wildman–Crippen MR) is 119 cm³/mol. The molecule has 8 heteroatoms. The molecule has 0 unspecified atom stereocenters. The lowest BCUT2D eigenvalue weighted by Gasteiger charge is -2.26. The number of ketones is 1. The van der Waals surface area contributed by atoms with E-state index in [1.165, 1.54) is 12.0 Å². The average molecular weight is 435 g/mol. The minimum Gasteiger partial charge on any atom is -0.503 e. The number of carbonyl (C=O) groups is 2. The summed E-state index contributed by atoms with van der Waals surface area (Å²) >= 11 is 0. The second-order valence-corrected chi connectivity index (χ2v) is 7.92. The Hall–Kier alpha value is -3.65. The molecule has 1 aliphatic rings. The second-order valence-electron chi connectivity index (χ2n) is 7.92. The number of para-hydroxylation sites is 1. The first-order valence-electron chi connectivity index (χ1n) is 10.3. The van der Waals surface area contributed by atoms with Crippen LogP contribution in [0.15, 0.2) is 64.5 Å². The van der Waals surface area contributed by atoms with E-state index in [4.69, 9.17) is 9.15 Å². The van der Waals surface area contributed by atoms with Crippen molar-refractivity contribution >= 4 is 22.7 Å². The number of methoxy groups -OCH3 is 1. The van der Waals surface area contributed by atoms with E-state index in [-0.39, 0.29) is 11.3 Å². The number of aliphatic hydroxyl groups excluding tert-OH is 1. The molecular weight excluding hydrogens is 410 g/mol. The van der Waals surface area contributed by atoms with E-state index < -0.39 is 23.5 Å². The molecule has 0 radical (unpaired) electrons. The summed E-state index contributed by atoms with van der Waals surface area (Å²) in [6.07, 6.45) is 3.91.